The molecule has 1 aliphatic rings. The Labute approximate surface area is 184 Å². The smallest absolute Gasteiger partial charge is 0.274 e. The second-order valence-electron chi connectivity index (χ2n) is 7.94. The Balaban J connectivity index is 1.35. The van der Waals surface area contributed by atoms with Gasteiger partial charge in [0.15, 0.2) is 5.69 Å². The molecule has 0 atom stereocenters. The second-order valence-corrected chi connectivity index (χ2v) is 7.94. The van der Waals surface area contributed by atoms with Crippen molar-refractivity contribution in [2.45, 2.75) is 13.3 Å². The Hall–Kier alpha value is -3.87. The summed E-state index contributed by atoms with van der Waals surface area (Å²) in [6.07, 6.45) is 6.47. The molecule has 6 nitrogen and oxygen atoms in total. The number of benzene rings is 2. The molecule has 0 spiro atoms. The summed E-state index contributed by atoms with van der Waals surface area (Å²) in [4.78, 5) is 18.0. The number of aromatic nitrogens is 3. The van der Waals surface area contributed by atoms with E-state index < -0.39 is 0 Å². The van der Waals surface area contributed by atoms with E-state index in [1.54, 1.807) is 35.0 Å². The number of rotatable bonds is 4. The molecular formula is C25H23FN4O2. The molecule has 0 saturated heterocycles. The molecular weight excluding hydrogens is 407 g/mol. The van der Waals surface area contributed by atoms with Crippen molar-refractivity contribution in [3.8, 4) is 11.4 Å². The monoisotopic (exact) mass is 430 g/mol. The number of hydrogen-bond donors (Lipinski definition) is 1. The third-order valence-corrected chi connectivity index (χ3v) is 5.88. The van der Waals surface area contributed by atoms with Crippen LogP contribution in [-0.2, 0) is 0 Å². The zero-order valence-electron chi connectivity index (χ0n) is 17.9. The first-order valence-corrected chi connectivity index (χ1v) is 10.5. The number of carbonyl (C=O) groups is 1. The number of ether oxygens (including phenoxy) is 1. The van der Waals surface area contributed by atoms with Crippen LogP contribution < -0.4 is 4.74 Å². The molecule has 5 rings (SSSR count). The van der Waals surface area contributed by atoms with Crippen molar-refractivity contribution in [2.24, 2.45) is 0 Å². The average Bonchev–Trinajstić information content (AvgIpc) is 3.46. The number of aromatic amines is 1. The van der Waals surface area contributed by atoms with Crippen molar-refractivity contribution in [3.63, 3.8) is 0 Å². The van der Waals surface area contributed by atoms with Crippen LogP contribution in [0.1, 0.15) is 28.0 Å². The predicted molar refractivity (Wildman–Crippen MR) is 122 cm³/mol. The van der Waals surface area contributed by atoms with E-state index in [0.29, 0.717) is 24.5 Å². The molecule has 7 heteroatoms. The quantitative estimate of drug-likeness (QED) is 0.509. The standard InChI is InChI=1S/C25H23FN4O2/c1-16-3-6-24(32-2)23(13-16)30-12-9-21(28-30)25(31)29-10-7-17(8-11-29)20-15-27-22-14-18(26)4-5-19(20)22/h3-7,9,12-15,27H,8,10-11H2,1-2H3. The lowest BCUT2D eigenvalue weighted by atomic mass is 9.99. The molecule has 162 valence electrons. The molecule has 0 saturated carbocycles. The van der Waals surface area contributed by atoms with Gasteiger partial charge in [-0.25, -0.2) is 9.07 Å². The van der Waals surface area contributed by atoms with E-state index in [1.807, 2.05) is 31.3 Å². The summed E-state index contributed by atoms with van der Waals surface area (Å²) in [6.45, 7) is 3.10. The summed E-state index contributed by atoms with van der Waals surface area (Å²) in [5, 5.41) is 5.50. The van der Waals surface area contributed by atoms with Crippen LogP contribution in [0.4, 0.5) is 4.39 Å². The van der Waals surface area contributed by atoms with Gasteiger partial charge in [-0.1, -0.05) is 12.1 Å². The molecule has 1 N–H and O–H groups in total. The normalized spacial score (nSPS) is 14.0. The minimum Gasteiger partial charge on any atom is -0.494 e. The summed E-state index contributed by atoms with van der Waals surface area (Å²) in [7, 11) is 1.62. The van der Waals surface area contributed by atoms with Gasteiger partial charge in [-0.15, -0.1) is 0 Å². The van der Waals surface area contributed by atoms with E-state index in [9.17, 15) is 9.18 Å². The topological polar surface area (TPSA) is 63.1 Å². The van der Waals surface area contributed by atoms with Crippen molar-refractivity contribution >= 4 is 22.4 Å². The summed E-state index contributed by atoms with van der Waals surface area (Å²) < 4.78 is 20.6. The number of halogens is 1. The first-order chi connectivity index (χ1) is 15.5. The first kappa shape index (κ1) is 20.1. The SMILES string of the molecule is COc1ccc(C)cc1-n1ccc(C(=O)N2CC=C(c3c[nH]c4cc(F)ccc34)CC2)n1. The van der Waals surface area contributed by atoms with E-state index in [0.717, 1.165) is 39.7 Å². The van der Waals surface area contributed by atoms with Gasteiger partial charge in [0.05, 0.1) is 7.11 Å². The van der Waals surface area contributed by atoms with Crippen molar-refractivity contribution in [1.29, 1.82) is 0 Å². The molecule has 2 aromatic heterocycles. The van der Waals surface area contributed by atoms with Gasteiger partial charge in [0, 0.05) is 41.9 Å². The number of nitrogens with one attached hydrogen (secondary N) is 1. The van der Waals surface area contributed by atoms with Crippen LogP contribution in [0.2, 0.25) is 0 Å². The number of fused-ring (bicyclic) bond motifs is 1. The minimum absolute atomic E-state index is 0.105. The lowest BCUT2D eigenvalue weighted by Gasteiger charge is -2.25. The van der Waals surface area contributed by atoms with Gasteiger partial charge < -0.3 is 14.6 Å². The van der Waals surface area contributed by atoms with Gasteiger partial charge in [0.25, 0.3) is 5.91 Å². The Bertz CT molecular complexity index is 1350. The van der Waals surface area contributed by atoms with Crippen molar-refractivity contribution in [3.05, 3.63) is 83.6 Å². The average molecular weight is 430 g/mol. The van der Waals surface area contributed by atoms with E-state index in [4.69, 9.17) is 4.74 Å². The number of aryl methyl sites for hydroxylation is 1. The molecule has 4 aromatic rings. The Kier molecular flexibility index (Phi) is 5.01. The highest BCUT2D eigenvalue weighted by molar-refractivity contribution is 5.95. The molecule has 1 amide bonds. The highest BCUT2D eigenvalue weighted by atomic mass is 19.1. The third-order valence-electron chi connectivity index (χ3n) is 5.88. The highest BCUT2D eigenvalue weighted by Gasteiger charge is 2.23. The van der Waals surface area contributed by atoms with Gasteiger partial charge in [-0.05, 0) is 60.9 Å². The fourth-order valence-corrected chi connectivity index (χ4v) is 4.18. The van der Waals surface area contributed by atoms with Crippen molar-refractivity contribution < 1.29 is 13.9 Å². The van der Waals surface area contributed by atoms with Crippen LogP contribution in [0, 0.1) is 12.7 Å². The number of nitrogens with zero attached hydrogens (tertiary/aromatic N) is 3. The van der Waals surface area contributed by atoms with E-state index in [2.05, 4.69) is 16.2 Å². The summed E-state index contributed by atoms with van der Waals surface area (Å²) in [6, 6.07) is 12.3. The number of H-pyrrole nitrogens is 1. The molecule has 0 fully saturated rings. The van der Waals surface area contributed by atoms with Crippen LogP contribution in [-0.4, -0.2) is 45.8 Å². The highest BCUT2D eigenvalue weighted by Crippen LogP contribution is 2.30. The molecule has 2 aromatic carbocycles. The van der Waals surface area contributed by atoms with Gasteiger partial charge in [-0.2, -0.15) is 5.10 Å². The maximum Gasteiger partial charge on any atom is 0.274 e. The first-order valence-electron chi connectivity index (χ1n) is 10.5. The summed E-state index contributed by atoms with van der Waals surface area (Å²) >= 11 is 0. The fraction of sp³-hybridized carbons (Fsp3) is 0.200. The van der Waals surface area contributed by atoms with Gasteiger partial charge >= 0.3 is 0 Å². The summed E-state index contributed by atoms with van der Waals surface area (Å²) in [5.74, 6) is 0.330. The lowest BCUT2D eigenvalue weighted by molar-refractivity contribution is 0.0766. The maximum atomic E-state index is 13.5. The molecule has 0 aliphatic carbocycles. The number of carbonyl (C=O) groups excluding carboxylic acids is 1. The van der Waals surface area contributed by atoms with Gasteiger partial charge in [0.2, 0.25) is 0 Å². The zero-order chi connectivity index (χ0) is 22.2. The number of amides is 1. The second kappa shape index (κ2) is 8.00. The van der Waals surface area contributed by atoms with Gasteiger partial charge in [0.1, 0.15) is 17.3 Å². The van der Waals surface area contributed by atoms with E-state index >= 15 is 0 Å². The van der Waals surface area contributed by atoms with Crippen LogP contribution >= 0.6 is 0 Å². The zero-order valence-corrected chi connectivity index (χ0v) is 17.9. The predicted octanol–water partition coefficient (Wildman–Crippen LogP) is 4.74. The molecule has 1 aliphatic heterocycles. The van der Waals surface area contributed by atoms with Crippen molar-refractivity contribution in [2.75, 3.05) is 20.2 Å². The van der Waals surface area contributed by atoms with Crippen LogP contribution in [0.5, 0.6) is 5.75 Å². The Morgan fingerprint density at radius 1 is 1.19 bits per heavy atom. The van der Waals surface area contributed by atoms with Crippen molar-refractivity contribution in [1.82, 2.24) is 19.7 Å². The Morgan fingerprint density at radius 3 is 2.84 bits per heavy atom. The van der Waals surface area contributed by atoms with Crippen LogP contribution in [0.15, 0.2) is 60.9 Å². The Morgan fingerprint density at radius 2 is 2.06 bits per heavy atom. The number of methoxy groups -OCH3 is 1. The third kappa shape index (κ3) is 3.56. The molecule has 0 unspecified atom stereocenters. The summed E-state index contributed by atoms with van der Waals surface area (Å²) in [5.41, 5.74) is 5.26. The number of hydrogen-bond acceptors (Lipinski definition) is 3. The minimum atomic E-state index is -0.261. The molecule has 3 heterocycles. The largest absolute Gasteiger partial charge is 0.494 e. The van der Waals surface area contributed by atoms with E-state index in [-0.39, 0.29) is 11.7 Å². The van der Waals surface area contributed by atoms with Crippen LogP contribution in [0.3, 0.4) is 0 Å². The van der Waals surface area contributed by atoms with E-state index in [1.165, 1.54) is 12.1 Å². The molecule has 0 radical (unpaired) electrons. The van der Waals surface area contributed by atoms with Crippen LogP contribution in [0.25, 0.3) is 22.2 Å². The maximum absolute atomic E-state index is 13.5. The lowest BCUT2D eigenvalue weighted by Crippen LogP contribution is -2.35. The molecule has 32 heavy (non-hydrogen) atoms. The molecule has 0 bridgehead atoms. The fourth-order valence-electron chi connectivity index (χ4n) is 4.18. The van der Waals surface area contributed by atoms with Gasteiger partial charge in [-0.3, -0.25) is 4.79 Å².